The van der Waals surface area contributed by atoms with Crippen LogP contribution in [0.25, 0.3) is 0 Å². The zero-order valence-electron chi connectivity index (χ0n) is 10.6. The number of anilines is 2. The van der Waals surface area contributed by atoms with Gasteiger partial charge in [0.05, 0.1) is 0 Å². The highest BCUT2D eigenvalue weighted by Crippen LogP contribution is 2.15. The van der Waals surface area contributed by atoms with Crippen LogP contribution >= 0.6 is 0 Å². The van der Waals surface area contributed by atoms with Crippen LogP contribution in [-0.2, 0) is 0 Å². The maximum absolute atomic E-state index is 4.35. The quantitative estimate of drug-likeness (QED) is 0.818. The first-order valence-corrected chi connectivity index (χ1v) is 6.34. The van der Waals surface area contributed by atoms with E-state index in [0.29, 0.717) is 6.04 Å². The predicted octanol–water partition coefficient (Wildman–Crippen LogP) is 1.10. The third kappa shape index (κ3) is 3.30. The summed E-state index contributed by atoms with van der Waals surface area (Å²) in [7, 11) is 0. The molecule has 0 saturated carbocycles. The van der Waals surface area contributed by atoms with Crippen molar-refractivity contribution in [2.45, 2.75) is 26.3 Å². The van der Waals surface area contributed by atoms with Crippen LogP contribution in [-0.4, -0.2) is 42.2 Å². The second-order valence-corrected chi connectivity index (χ2v) is 4.49. The van der Waals surface area contributed by atoms with Gasteiger partial charge in [-0.25, -0.2) is 9.97 Å². The van der Waals surface area contributed by atoms with Gasteiger partial charge in [-0.3, -0.25) is 0 Å². The lowest BCUT2D eigenvalue weighted by Crippen LogP contribution is -2.49. The fourth-order valence-corrected chi connectivity index (χ4v) is 2.01. The van der Waals surface area contributed by atoms with Crippen LogP contribution < -0.4 is 15.5 Å². The van der Waals surface area contributed by atoms with Crippen molar-refractivity contribution in [3.63, 3.8) is 0 Å². The molecular weight excluding hydrogens is 214 g/mol. The van der Waals surface area contributed by atoms with Gasteiger partial charge >= 0.3 is 0 Å². The van der Waals surface area contributed by atoms with E-state index in [9.17, 15) is 0 Å². The molecule has 2 N–H and O–H groups in total. The number of piperazine rings is 1. The number of hydrogen-bond donors (Lipinski definition) is 2. The molecule has 17 heavy (non-hydrogen) atoms. The highest BCUT2D eigenvalue weighted by atomic mass is 15.2. The first-order valence-electron chi connectivity index (χ1n) is 6.34. The second-order valence-electron chi connectivity index (χ2n) is 4.49. The summed E-state index contributed by atoms with van der Waals surface area (Å²) in [4.78, 5) is 10.9. The normalized spacial score (nSPS) is 20.4. The molecule has 1 fully saturated rings. The van der Waals surface area contributed by atoms with Crippen LogP contribution in [0.15, 0.2) is 12.4 Å². The summed E-state index contributed by atoms with van der Waals surface area (Å²) in [6.07, 6.45) is 2.74. The Morgan fingerprint density at radius 1 is 1.53 bits per heavy atom. The lowest BCUT2D eigenvalue weighted by molar-refractivity contribution is 0.482. The van der Waals surface area contributed by atoms with Gasteiger partial charge < -0.3 is 15.5 Å². The van der Waals surface area contributed by atoms with Crippen molar-refractivity contribution < 1.29 is 0 Å². The van der Waals surface area contributed by atoms with E-state index in [4.69, 9.17) is 0 Å². The molecule has 5 heteroatoms. The molecule has 1 aliphatic rings. The van der Waals surface area contributed by atoms with Crippen LogP contribution in [0.1, 0.15) is 20.3 Å². The highest BCUT2D eigenvalue weighted by Gasteiger charge is 2.17. The molecule has 2 rings (SSSR count). The Balaban J connectivity index is 2.04. The molecule has 1 aromatic rings. The van der Waals surface area contributed by atoms with Crippen molar-refractivity contribution in [1.82, 2.24) is 15.3 Å². The summed E-state index contributed by atoms with van der Waals surface area (Å²) >= 11 is 0. The number of nitrogens with one attached hydrogen (secondary N) is 2. The number of hydrogen-bond acceptors (Lipinski definition) is 5. The van der Waals surface area contributed by atoms with Crippen molar-refractivity contribution in [1.29, 1.82) is 0 Å². The molecule has 0 amide bonds. The monoisotopic (exact) mass is 235 g/mol. The maximum atomic E-state index is 4.35. The van der Waals surface area contributed by atoms with Gasteiger partial charge in [-0.15, -0.1) is 0 Å². The Labute approximate surface area is 103 Å². The van der Waals surface area contributed by atoms with E-state index >= 15 is 0 Å². The summed E-state index contributed by atoms with van der Waals surface area (Å²) in [6.45, 7) is 8.33. The topological polar surface area (TPSA) is 53.1 Å². The Hall–Kier alpha value is -1.36. The molecule has 2 heterocycles. The van der Waals surface area contributed by atoms with Crippen LogP contribution in [0.3, 0.4) is 0 Å². The zero-order valence-corrected chi connectivity index (χ0v) is 10.6. The average Bonchev–Trinajstić information content (AvgIpc) is 2.37. The van der Waals surface area contributed by atoms with Gasteiger partial charge in [0.15, 0.2) is 0 Å². The molecule has 94 valence electrons. The van der Waals surface area contributed by atoms with Gasteiger partial charge in [-0.2, -0.15) is 0 Å². The Morgan fingerprint density at radius 2 is 2.41 bits per heavy atom. The standard InChI is InChI=1S/C12H21N5/c1-3-4-14-11-7-12(16-9-15-11)17-6-5-13-10(2)8-17/h7,9-10,13H,3-6,8H2,1-2H3,(H,14,15,16)/t10-/m1/s1. The van der Waals surface area contributed by atoms with Crippen molar-refractivity contribution in [2.24, 2.45) is 0 Å². The molecule has 0 bridgehead atoms. The Morgan fingerprint density at radius 3 is 3.18 bits per heavy atom. The van der Waals surface area contributed by atoms with E-state index < -0.39 is 0 Å². The molecule has 1 aliphatic heterocycles. The average molecular weight is 235 g/mol. The van der Waals surface area contributed by atoms with Gasteiger partial charge in [0.2, 0.25) is 0 Å². The molecule has 1 aromatic heterocycles. The summed E-state index contributed by atoms with van der Waals surface area (Å²) in [6, 6.07) is 2.55. The van der Waals surface area contributed by atoms with E-state index in [1.807, 2.05) is 6.07 Å². The van der Waals surface area contributed by atoms with Gasteiger partial charge in [-0.05, 0) is 13.3 Å². The van der Waals surface area contributed by atoms with Crippen molar-refractivity contribution >= 4 is 11.6 Å². The molecule has 1 saturated heterocycles. The number of nitrogens with zero attached hydrogens (tertiary/aromatic N) is 3. The van der Waals surface area contributed by atoms with E-state index in [1.54, 1.807) is 6.33 Å². The summed E-state index contributed by atoms with van der Waals surface area (Å²) in [5, 5.41) is 6.72. The molecule has 0 radical (unpaired) electrons. The second kappa shape index (κ2) is 5.82. The summed E-state index contributed by atoms with van der Waals surface area (Å²) < 4.78 is 0. The third-order valence-electron chi connectivity index (χ3n) is 2.90. The fourth-order valence-electron chi connectivity index (χ4n) is 2.01. The summed E-state index contributed by atoms with van der Waals surface area (Å²) in [5.74, 6) is 1.94. The van der Waals surface area contributed by atoms with Crippen LogP contribution in [0.5, 0.6) is 0 Å². The minimum Gasteiger partial charge on any atom is -0.370 e. The Kier molecular flexibility index (Phi) is 4.14. The van der Waals surface area contributed by atoms with Gasteiger partial charge in [0.25, 0.3) is 0 Å². The van der Waals surface area contributed by atoms with Crippen molar-refractivity contribution in [3.05, 3.63) is 12.4 Å². The third-order valence-corrected chi connectivity index (χ3v) is 2.90. The fraction of sp³-hybridized carbons (Fsp3) is 0.667. The summed E-state index contributed by atoms with van der Waals surface area (Å²) in [5.41, 5.74) is 0. The van der Waals surface area contributed by atoms with Crippen molar-refractivity contribution in [3.8, 4) is 0 Å². The van der Waals surface area contributed by atoms with Gasteiger partial charge in [-0.1, -0.05) is 6.92 Å². The lowest BCUT2D eigenvalue weighted by atomic mass is 10.2. The van der Waals surface area contributed by atoms with Crippen molar-refractivity contribution in [2.75, 3.05) is 36.4 Å². The molecular formula is C12H21N5. The number of rotatable bonds is 4. The lowest BCUT2D eigenvalue weighted by Gasteiger charge is -2.32. The first-order chi connectivity index (χ1) is 8.29. The van der Waals surface area contributed by atoms with Crippen LogP contribution in [0.2, 0.25) is 0 Å². The van der Waals surface area contributed by atoms with Crippen LogP contribution in [0.4, 0.5) is 11.6 Å². The molecule has 1 atom stereocenters. The zero-order chi connectivity index (χ0) is 12.1. The smallest absolute Gasteiger partial charge is 0.134 e. The van der Waals surface area contributed by atoms with Crippen LogP contribution in [0, 0.1) is 0 Å². The van der Waals surface area contributed by atoms with Gasteiger partial charge in [0.1, 0.15) is 18.0 Å². The first kappa shape index (κ1) is 12.1. The number of aromatic nitrogens is 2. The molecule has 0 aromatic carbocycles. The largest absolute Gasteiger partial charge is 0.370 e. The minimum absolute atomic E-state index is 0.519. The minimum atomic E-state index is 0.519. The van der Waals surface area contributed by atoms with E-state index in [2.05, 4.69) is 39.3 Å². The Bertz CT molecular complexity index is 355. The van der Waals surface area contributed by atoms with E-state index in [-0.39, 0.29) is 0 Å². The molecule has 0 unspecified atom stereocenters. The molecule has 0 aliphatic carbocycles. The molecule has 0 spiro atoms. The van der Waals surface area contributed by atoms with E-state index in [0.717, 1.165) is 44.2 Å². The van der Waals surface area contributed by atoms with Gasteiger partial charge in [0, 0.05) is 38.3 Å². The molecule has 5 nitrogen and oxygen atoms in total. The predicted molar refractivity (Wildman–Crippen MR) is 70.5 cm³/mol. The SMILES string of the molecule is CCCNc1cc(N2CCN[C@H](C)C2)ncn1. The van der Waals surface area contributed by atoms with E-state index in [1.165, 1.54) is 0 Å². The highest BCUT2D eigenvalue weighted by molar-refractivity contribution is 5.48. The maximum Gasteiger partial charge on any atom is 0.134 e.